The zero-order valence-corrected chi connectivity index (χ0v) is 21.6. The van der Waals surface area contributed by atoms with Crippen molar-refractivity contribution in [2.24, 2.45) is 5.92 Å². The molecule has 1 aliphatic rings. The predicted molar refractivity (Wildman–Crippen MR) is 139 cm³/mol. The minimum atomic E-state index is -0.661. The molecule has 3 atom stereocenters. The van der Waals surface area contributed by atoms with Crippen LogP contribution < -0.4 is 21.7 Å². The van der Waals surface area contributed by atoms with Crippen LogP contribution in [0, 0.1) is 12.8 Å². The minimum Gasteiger partial charge on any atom is -0.465 e. The van der Waals surface area contributed by atoms with Gasteiger partial charge in [0.15, 0.2) is 0 Å². The molecule has 5 N–H and O–H groups in total. The fourth-order valence-electron chi connectivity index (χ4n) is 3.90. The molecule has 1 aromatic heterocycles. The molecule has 0 saturated carbocycles. The molecule has 192 valence electrons. The van der Waals surface area contributed by atoms with E-state index in [2.05, 4.69) is 20.9 Å². The Balaban J connectivity index is 0.00000306. The van der Waals surface area contributed by atoms with Crippen LogP contribution in [-0.4, -0.2) is 48.5 Å². The average Bonchev–Trinajstić information content (AvgIpc) is 3.27. The van der Waals surface area contributed by atoms with Crippen molar-refractivity contribution in [3.63, 3.8) is 0 Å². The lowest BCUT2D eigenvalue weighted by Crippen LogP contribution is -2.50. The van der Waals surface area contributed by atoms with Crippen LogP contribution in [0.15, 0.2) is 36.4 Å². The van der Waals surface area contributed by atoms with Gasteiger partial charge in [-0.15, -0.1) is 24.8 Å². The van der Waals surface area contributed by atoms with Crippen molar-refractivity contribution >= 4 is 48.4 Å². The molecule has 1 aromatic carbocycles. The Hall–Kier alpha value is -2.88. The first-order valence-electron chi connectivity index (χ1n) is 11.0. The lowest BCUT2D eigenvalue weighted by atomic mass is 9.96. The number of esters is 1. The molecule has 0 radical (unpaired) electrons. The number of halogens is 2. The zero-order valence-electron chi connectivity index (χ0n) is 20.0. The van der Waals surface area contributed by atoms with Crippen LogP contribution in [0.4, 0.5) is 5.82 Å². The van der Waals surface area contributed by atoms with Crippen molar-refractivity contribution in [1.29, 1.82) is 0 Å². The number of rotatable bonds is 8. The number of nitrogens with one attached hydrogen (secondary N) is 3. The van der Waals surface area contributed by atoms with E-state index in [1.54, 1.807) is 25.1 Å². The van der Waals surface area contributed by atoms with Crippen molar-refractivity contribution in [2.75, 3.05) is 19.4 Å². The SMILES string of the molecule is COC(=O)c1ccc(C[C@@H]2CN[C@@H](C(=O)NC(C)C(=O)NCc3ccc(N)nc3C)C2)cc1.Cl.Cl. The summed E-state index contributed by atoms with van der Waals surface area (Å²) in [5.41, 5.74) is 8.89. The van der Waals surface area contributed by atoms with E-state index in [4.69, 9.17) is 10.5 Å². The molecule has 0 spiro atoms. The van der Waals surface area contributed by atoms with E-state index < -0.39 is 6.04 Å². The van der Waals surface area contributed by atoms with E-state index in [0.717, 1.165) is 23.2 Å². The average molecular weight is 526 g/mol. The number of methoxy groups -OCH3 is 1. The third-order valence-corrected chi connectivity index (χ3v) is 5.86. The van der Waals surface area contributed by atoms with Crippen LogP contribution in [0.3, 0.4) is 0 Å². The molecule has 0 aliphatic carbocycles. The lowest BCUT2D eigenvalue weighted by molar-refractivity contribution is -0.129. The van der Waals surface area contributed by atoms with E-state index in [1.807, 2.05) is 25.1 Å². The highest BCUT2D eigenvalue weighted by Gasteiger charge is 2.31. The Morgan fingerprint density at radius 2 is 1.86 bits per heavy atom. The molecule has 11 heteroatoms. The molecule has 1 unspecified atom stereocenters. The summed E-state index contributed by atoms with van der Waals surface area (Å²) in [6.07, 6.45) is 1.47. The van der Waals surface area contributed by atoms with Gasteiger partial charge in [-0.1, -0.05) is 18.2 Å². The second-order valence-electron chi connectivity index (χ2n) is 8.38. The summed E-state index contributed by atoms with van der Waals surface area (Å²) >= 11 is 0. The number of pyridine rings is 1. The lowest BCUT2D eigenvalue weighted by Gasteiger charge is -2.17. The van der Waals surface area contributed by atoms with E-state index in [0.29, 0.717) is 30.9 Å². The number of nitrogens with zero attached hydrogens (tertiary/aromatic N) is 1. The maximum Gasteiger partial charge on any atom is 0.337 e. The standard InChI is InChI=1S/C24H31N5O4.2ClH/c1-14-19(8-9-21(25)28-14)13-27-22(30)15(2)29-23(31)20-11-17(12-26-20)10-16-4-6-18(7-5-16)24(32)33-3;;/h4-9,15,17,20,26H,10-13H2,1-3H3,(H2,25,28)(H,27,30)(H,29,31);2*1H/t15?,17-,20+;;/m0../s1. The third kappa shape index (κ3) is 8.38. The van der Waals surface area contributed by atoms with Gasteiger partial charge in [0.2, 0.25) is 11.8 Å². The predicted octanol–water partition coefficient (Wildman–Crippen LogP) is 1.94. The summed E-state index contributed by atoms with van der Waals surface area (Å²) in [5.74, 6) is -0.0933. The molecule has 9 nitrogen and oxygen atoms in total. The van der Waals surface area contributed by atoms with Crippen molar-refractivity contribution in [3.8, 4) is 0 Å². The number of aromatic nitrogens is 1. The first kappa shape index (κ1) is 30.2. The van der Waals surface area contributed by atoms with Crippen molar-refractivity contribution in [2.45, 2.75) is 45.3 Å². The zero-order chi connectivity index (χ0) is 24.0. The highest BCUT2D eigenvalue weighted by molar-refractivity contribution is 5.90. The van der Waals surface area contributed by atoms with Gasteiger partial charge in [0.1, 0.15) is 11.9 Å². The van der Waals surface area contributed by atoms with Gasteiger partial charge in [-0.2, -0.15) is 0 Å². The number of aryl methyl sites for hydroxylation is 1. The van der Waals surface area contributed by atoms with Crippen molar-refractivity contribution < 1.29 is 19.1 Å². The molecule has 2 amide bonds. The summed E-state index contributed by atoms with van der Waals surface area (Å²) in [5, 5.41) is 8.86. The van der Waals surface area contributed by atoms with Crippen LogP contribution in [0.2, 0.25) is 0 Å². The van der Waals surface area contributed by atoms with Crippen LogP contribution >= 0.6 is 24.8 Å². The molecule has 1 aliphatic heterocycles. The highest BCUT2D eigenvalue weighted by atomic mass is 35.5. The Bertz CT molecular complexity index is 1020. The summed E-state index contributed by atoms with van der Waals surface area (Å²) in [6, 6.07) is 9.82. The third-order valence-electron chi connectivity index (χ3n) is 5.86. The smallest absolute Gasteiger partial charge is 0.337 e. The van der Waals surface area contributed by atoms with Gasteiger partial charge in [-0.3, -0.25) is 9.59 Å². The molecule has 0 bridgehead atoms. The van der Waals surface area contributed by atoms with Gasteiger partial charge in [-0.25, -0.2) is 9.78 Å². The molecular weight excluding hydrogens is 493 g/mol. The number of amides is 2. The van der Waals surface area contributed by atoms with Gasteiger partial charge >= 0.3 is 5.97 Å². The summed E-state index contributed by atoms with van der Waals surface area (Å²) in [7, 11) is 1.36. The van der Waals surface area contributed by atoms with Gasteiger partial charge in [-0.05, 0) is 68.5 Å². The normalized spacial score (nSPS) is 17.3. The van der Waals surface area contributed by atoms with Gasteiger partial charge < -0.3 is 26.4 Å². The van der Waals surface area contributed by atoms with E-state index in [9.17, 15) is 14.4 Å². The number of carbonyl (C=O) groups excluding carboxylic acids is 3. The Kier molecular flexibility index (Phi) is 11.9. The van der Waals surface area contributed by atoms with Gasteiger partial charge in [0.25, 0.3) is 0 Å². The van der Waals surface area contributed by atoms with E-state index in [-0.39, 0.29) is 54.6 Å². The minimum absolute atomic E-state index is 0. The Labute approximate surface area is 217 Å². The van der Waals surface area contributed by atoms with Gasteiger partial charge in [0.05, 0.1) is 18.7 Å². The first-order chi connectivity index (χ1) is 15.8. The number of benzene rings is 1. The molecule has 2 heterocycles. The maximum absolute atomic E-state index is 12.6. The first-order valence-corrected chi connectivity index (χ1v) is 11.0. The second-order valence-corrected chi connectivity index (χ2v) is 8.38. The summed E-state index contributed by atoms with van der Waals surface area (Å²) in [4.78, 5) is 40.8. The molecule has 35 heavy (non-hydrogen) atoms. The largest absolute Gasteiger partial charge is 0.465 e. The number of nitrogens with two attached hydrogens (primary N) is 1. The van der Waals surface area contributed by atoms with Crippen LogP contribution in [0.1, 0.15) is 40.5 Å². The fraction of sp³-hybridized carbons (Fsp3) is 0.417. The molecule has 2 aromatic rings. The summed E-state index contributed by atoms with van der Waals surface area (Å²) in [6.45, 7) is 4.52. The number of hydrogen-bond donors (Lipinski definition) is 4. The molecular formula is C24H33Cl2N5O4. The topological polar surface area (TPSA) is 135 Å². The van der Waals surface area contributed by atoms with Crippen molar-refractivity contribution in [1.82, 2.24) is 20.9 Å². The molecule has 1 saturated heterocycles. The van der Waals surface area contributed by atoms with E-state index >= 15 is 0 Å². The van der Waals surface area contributed by atoms with Crippen LogP contribution in [0.25, 0.3) is 0 Å². The number of carbonyl (C=O) groups is 3. The number of hydrogen-bond acceptors (Lipinski definition) is 7. The van der Waals surface area contributed by atoms with Crippen LogP contribution in [0.5, 0.6) is 0 Å². The Morgan fingerprint density at radius 3 is 2.49 bits per heavy atom. The van der Waals surface area contributed by atoms with E-state index in [1.165, 1.54) is 7.11 Å². The van der Waals surface area contributed by atoms with Crippen molar-refractivity contribution in [3.05, 3.63) is 58.8 Å². The monoisotopic (exact) mass is 525 g/mol. The number of ether oxygens (including phenoxy) is 1. The highest BCUT2D eigenvalue weighted by Crippen LogP contribution is 2.20. The molecule has 3 rings (SSSR count). The fourth-order valence-corrected chi connectivity index (χ4v) is 3.90. The molecule has 1 fully saturated rings. The van der Waals surface area contributed by atoms with Gasteiger partial charge in [0, 0.05) is 12.2 Å². The Morgan fingerprint density at radius 1 is 1.17 bits per heavy atom. The maximum atomic E-state index is 12.6. The quantitative estimate of drug-likeness (QED) is 0.386. The van der Waals surface area contributed by atoms with Crippen LogP contribution in [-0.2, 0) is 27.3 Å². The second kappa shape index (κ2) is 13.9. The number of nitrogen functional groups attached to an aromatic ring is 1. The number of anilines is 1. The summed E-state index contributed by atoms with van der Waals surface area (Å²) < 4.78 is 4.72.